The number of hydrogen-bond acceptors (Lipinski definition) is 3. The summed E-state index contributed by atoms with van der Waals surface area (Å²) in [6.07, 6.45) is 1.92. The highest BCUT2D eigenvalue weighted by atomic mass is 79.9. The molecule has 0 heterocycles. The molecule has 2 aromatic carbocycles. The topological polar surface area (TPSA) is 70.2 Å². The summed E-state index contributed by atoms with van der Waals surface area (Å²) in [6.45, 7) is 2.05. The first-order valence-corrected chi connectivity index (χ1v) is 9.02. The molecule has 1 aliphatic rings. The standard InChI is InChI=1S/C19H20BrN3O2/c1-12-16(6-3-7-17(12)23-19(25)13-8-9-13)22-18(24)11-21-15-5-2-4-14(20)10-15/h2-7,10,13,21H,8-9,11H2,1H3,(H,22,24)(H,23,25). The van der Waals surface area contributed by atoms with Crippen molar-refractivity contribution in [1.82, 2.24) is 0 Å². The summed E-state index contributed by atoms with van der Waals surface area (Å²) in [6, 6.07) is 13.2. The van der Waals surface area contributed by atoms with Crippen molar-refractivity contribution < 1.29 is 9.59 Å². The van der Waals surface area contributed by atoms with Crippen LogP contribution in [0.2, 0.25) is 0 Å². The van der Waals surface area contributed by atoms with Crippen LogP contribution in [0.25, 0.3) is 0 Å². The molecule has 0 aromatic heterocycles. The Morgan fingerprint density at radius 2 is 1.76 bits per heavy atom. The maximum absolute atomic E-state index is 12.2. The molecule has 2 amide bonds. The molecular formula is C19H20BrN3O2. The zero-order chi connectivity index (χ0) is 17.8. The summed E-state index contributed by atoms with van der Waals surface area (Å²) in [5.74, 6) is 0.0590. The molecule has 0 bridgehead atoms. The molecule has 2 aromatic rings. The van der Waals surface area contributed by atoms with Crippen LogP contribution in [-0.2, 0) is 9.59 Å². The Morgan fingerprint density at radius 3 is 2.44 bits per heavy atom. The van der Waals surface area contributed by atoms with Gasteiger partial charge < -0.3 is 16.0 Å². The largest absolute Gasteiger partial charge is 0.376 e. The van der Waals surface area contributed by atoms with Gasteiger partial charge in [0.1, 0.15) is 0 Å². The predicted molar refractivity (Wildman–Crippen MR) is 104 cm³/mol. The fourth-order valence-corrected chi connectivity index (χ4v) is 2.86. The minimum Gasteiger partial charge on any atom is -0.376 e. The minimum atomic E-state index is -0.145. The van der Waals surface area contributed by atoms with Crippen LogP contribution in [0.1, 0.15) is 18.4 Å². The first-order valence-electron chi connectivity index (χ1n) is 8.22. The van der Waals surface area contributed by atoms with E-state index in [4.69, 9.17) is 0 Å². The highest BCUT2D eigenvalue weighted by molar-refractivity contribution is 9.10. The van der Waals surface area contributed by atoms with Gasteiger partial charge in [0.2, 0.25) is 11.8 Å². The fraction of sp³-hybridized carbons (Fsp3) is 0.263. The highest BCUT2D eigenvalue weighted by Crippen LogP contribution is 2.31. The van der Waals surface area contributed by atoms with E-state index in [2.05, 4.69) is 31.9 Å². The number of carbonyl (C=O) groups excluding carboxylic acids is 2. The third-order valence-electron chi connectivity index (χ3n) is 4.09. The number of rotatable bonds is 6. The van der Waals surface area contributed by atoms with Crippen molar-refractivity contribution in [3.8, 4) is 0 Å². The van der Waals surface area contributed by atoms with Crippen molar-refractivity contribution in [2.24, 2.45) is 5.92 Å². The number of amides is 2. The summed E-state index contributed by atoms with van der Waals surface area (Å²) >= 11 is 3.40. The van der Waals surface area contributed by atoms with E-state index in [0.29, 0.717) is 5.69 Å². The second-order valence-electron chi connectivity index (χ2n) is 6.15. The lowest BCUT2D eigenvalue weighted by molar-refractivity contribution is -0.117. The van der Waals surface area contributed by atoms with E-state index in [9.17, 15) is 9.59 Å². The number of hydrogen-bond donors (Lipinski definition) is 3. The van der Waals surface area contributed by atoms with Crippen LogP contribution in [0.15, 0.2) is 46.9 Å². The Balaban J connectivity index is 1.59. The van der Waals surface area contributed by atoms with Crippen molar-refractivity contribution >= 4 is 44.8 Å². The van der Waals surface area contributed by atoms with Gasteiger partial charge in [0, 0.05) is 27.5 Å². The van der Waals surface area contributed by atoms with Crippen molar-refractivity contribution in [3.05, 3.63) is 52.5 Å². The van der Waals surface area contributed by atoms with Crippen LogP contribution in [0.3, 0.4) is 0 Å². The monoisotopic (exact) mass is 401 g/mol. The zero-order valence-corrected chi connectivity index (χ0v) is 15.5. The fourth-order valence-electron chi connectivity index (χ4n) is 2.46. The summed E-state index contributed by atoms with van der Waals surface area (Å²) in [5, 5.41) is 8.91. The third kappa shape index (κ3) is 4.82. The van der Waals surface area contributed by atoms with Crippen molar-refractivity contribution in [2.75, 3.05) is 22.5 Å². The maximum atomic E-state index is 12.2. The second-order valence-corrected chi connectivity index (χ2v) is 7.07. The lowest BCUT2D eigenvalue weighted by atomic mass is 10.1. The molecule has 0 saturated heterocycles. The normalized spacial score (nSPS) is 13.2. The van der Waals surface area contributed by atoms with Gasteiger partial charge in [-0.15, -0.1) is 0 Å². The van der Waals surface area contributed by atoms with Gasteiger partial charge in [-0.1, -0.05) is 28.1 Å². The first kappa shape index (κ1) is 17.5. The van der Waals surface area contributed by atoms with Crippen LogP contribution in [-0.4, -0.2) is 18.4 Å². The van der Waals surface area contributed by atoms with Crippen LogP contribution >= 0.6 is 15.9 Å². The predicted octanol–water partition coefficient (Wildman–Crippen LogP) is 4.16. The highest BCUT2D eigenvalue weighted by Gasteiger charge is 2.29. The van der Waals surface area contributed by atoms with Crippen LogP contribution in [0, 0.1) is 12.8 Å². The third-order valence-corrected chi connectivity index (χ3v) is 4.58. The second kappa shape index (κ2) is 7.70. The molecule has 130 valence electrons. The first-order chi connectivity index (χ1) is 12.0. The van der Waals surface area contributed by atoms with Crippen molar-refractivity contribution in [1.29, 1.82) is 0 Å². The summed E-state index contributed by atoms with van der Waals surface area (Å²) in [7, 11) is 0. The zero-order valence-electron chi connectivity index (χ0n) is 13.9. The number of anilines is 3. The van der Waals surface area contributed by atoms with E-state index in [0.717, 1.165) is 34.3 Å². The Kier molecular flexibility index (Phi) is 5.38. The van der Waals surface area contributed by atoms with Crippen molar-refractivity contribution in [3.63, 3.8) is 0 Å². The molecule has 1 saturated carbocycles. The molecule has 5 nitrogen and oxygen atoms in total. The van der Waals surface area contributed by atoms with Gasteiger partial charge in [-0.3, -0.25) is 9.59 Å². The van der Waals surface area contributed by atoms with Crippen LogP contribution in [0.4, 0.5) is 17.1 Å². The summed E-state index contributed by atoms with van der Waals surface area (Å²) in [5.41, 5.74) is 3.17. The molecule has 0 radical (unpaired) electrons. The Labute approximate surface area is 155 Å². The summed E-state index contributed by atoms with van der Waals surface area (Å²) in [4.78, 5) is 24.1. The van der Waals surface area contributed by atoms with Gasteiger partial charge in [-0.25, -0.2) is 0 Å². The van der Waals surface area contributed by atoms with E-state index >= 15 is 0 Å². The van der Waals surface area contributed by atoms with Gasteiger partial charge in [0.05, 0.1) is 6.54 Å². The molecule has 0 unspecified atom stereocenters. The smallest absolute Gasteiger partial charge is 0.243 e. The van der Waals surface area contributed by atoms with E-state index in [1.807, 2.05) is 49.4 Å². The molecule has 1 fully saturated rings. The quantitative estimate of drug-likeness (QED) is 0.680. The average molecular weight is 402 g/mol. The Bertz CT molecular complexity index is 803. The molecule has 3 N–H and O–H groups in total. The van der Waals surface area contributed by atoms with Gasteiger partial charge >= 0.3 is 0 Å². The van der Waals surface area contributed by atoms with E-state index in [1.165, 1.54) is 0 Å². The molecular weight excluding hydrogens is 382 g/mol. The van der Waals surface area contributed by atoms with Gasteiger partial charge in [0.25, 0.3) is 0 Å². The lowest BCUT2D eigenvalue weighted by Crippen LogP contribution is -2.22. The molecule has 0 atom stereocenters. The summed E-state index contributed by atoms with van der Waals surface area (Å²) < 4.78 is 0.952. The molecule has 3 rings (SSSR count). The Hall–Kier alpha value is -2.34. The number of halogens is 1. The molecule has 0 aliphatic heterocycles. The van der Waals surface area contributed by atoms with Crippen molar-refractivity contribution in [2.45, 2.75) is 19.8 Å². The number of nitrogens with one attached hydrogen (secondary N) is 3. The maximum Gasteiger partial charge on any atom is 0.243 e. The lowest BCUT2D eigenvalue weighted by Gasteiger charge is -2.14. The number of benzene rings is 2. The number of carbonyl (C=O) groups is 2. The van der Waals surface area contributed by atoms with Crippen LogP contribution in [0.5, 0.6) is 0 Å². The molecule has 0 spiro atoms. The van der Waals surface area contributed by atoms with Crippen LogP contribution < -0.4 is 16.0 Å². The SMILES string of the molecule is Cc1c(NC(=O)CNc2cccc(Br)c2)cccc1NC(=O)C1CC1. The average Bonchev–Trinajstić information content (AvgIpc) is 3.42. The molecule has 25 heavy (non-hydrogen) atoms. The van der Waals surface area contributed by atoms with E-state index in [-0.39, 0.29) is 24.3 Å². The van der Waals surface area contributed by atoms with E-state index in [1.54, 1.807) is 0 Å². The molecule has 1 aliphatic carbocycles. The van der Waals surface area contributed by atoms with Gasteiger partial charge in [-0.05, 0) is 55.7 Å². The minimum absolute atomic E-state index is 0.0582. The Morgan fingerprint density at radius 1 is 1.08 bits per heavy atom. The molecule has 6 heteroatoms. The van der Waals surface area contributed by atoms with Gasteiger partial charge in [-0.2, -0.15) is 0 Å². The van der Waals surface area contributed by atoms with Gasteiger partial charge in [0.15, 0.2) is 0 Å². The van der Waals surface area contributed by atoms with E-state index < -0.39 is 0 Å².